The topological polar surface area (TPSA) is 113 Å². The Bertz CT molecular complexity index is 1060. The van der Waals surface area contributed by atoms with E-state index in [1.54, 1.807) is 34.9 Å². The molecule has 0 aromatic heterocycles. The number of nitrogens with zero attached hydrogens (tertiary/aromatic N) is 3. The molecule has 2 N–H and O–H groups in total. The number of nitrogens with one attached hydrogen (secondary N) is 2. The highest BCUT2D eigenvalue weighted by Crippen LogP contribution is 2.40. The number of esters is 1. The number of carbonyl (C=O) groups excluding carboxylic acids is 3. The summed E-state index contributed by atoms with van der Waals surface area (Å²) < 4.78 is 16.6. The highest BCUT2D eigenvalue weighted by Gasteiger charge is 2.40. The molecule has 2 aliphatic heterocycles. The Hall–Kier alpha value is -3.47. The Balaban J connectivity index is 1.97. The van der Waals surface area contributed by atoms with Crippen LogP contribution >= 0.6 is 0 Å². The van der Waals surface area contributed by atoms with E-state index in [9.17, 15) is 14.4 Å². The lowest BCUT2D eigenvalue weighted by Crippen LogP contribution is -2.56. The van der Waals surface area contributed by atoms with Crippen molar-refractivity contribution in [2.75, 3.05) is 60.1 Å². The maximum atomic E-state index is 13.4. The van der Waals surface area contributed by atoms with E-state index in [1.165, 1.54) is 14.2 Å². The van der Waals surface area contributed by atoms with E-state index in [0.717, 1.165) is 0 Å². The molecule has 0 aliphatic carbocycles. The molecule has 1 unspecified atom stereocenters. The van der Waals surface area contributed by atoms with E-state index < -0.39 is 12.0 Å². The van der Waals surface area contributed by atoms with Gasteiger partial charge in [-0.3, -0.25) is 9.80 Å². The van der Waals surface area contributed by atoms with E-state index in [4.69, 9.17) is 14.2 Å². The van der Waals surface area contributed by atoms with Gasteiger partial charge in [-0.05, 0) is 40.7 Å². The van der Waals surface area contributed by atoms with Crippen LogP contribution in [0.1, 0.15) is 46.2 Å². The van der Waals surface area contributed by atoms with Crippen LogP contribution in [0.4, 0.5) is 9.59 Å². The number of likely N-dealkylation sites (N-methyl/N-ethyl adjacent to an activating group) is 1. The zero-order valence-corrected chi connectivity index (χ0v) is 23.6. The summed E-state index contributed by atoms with van der Waals surface area (Å²) in [5, 5.41) is 5.97. The molecule has 1 aromatic rings. The van der Waals surface area contributed by atoms with Crippen molar-refractivity contribution in [3.8, 4) is 11.5 Å². The van der Waals surface area contributed by atoms with E-state index in [0.29, 0.717) is 67.6 Å². The van der Waals surface area contributed by atoms with Gasteiger partial charge in [-0.2, -0.15) is 0 Å². The molecule has 11 heteroatoms. The third kappa shape index (κ3) is 6.50. The third-order valence-corrected chi connectivity index (χ3v) is 6.51. The van der Waals surface area contributed by atoms with Gasteiger partial charge in [0.25, 0.3) is 0 Å². The fraction of sp³-hybridized carbons (Fsp3) is 0.593. The molecule has 0 saturated carbocycles. The highest BCUT2D eigenvalue weighted by atomic mass is 16.5. The lowest BCUT2D eigenvalue weighted by Gasteiger charge is -2.41. The fourth-order valence-corrected chi connectivity index (χ4v) is 4.75. The van der Waals surface area contributed by atoms with Gasteiger partial charge in [-0.15, -0.1) is 0 Å². The van der Waals surface area contributed by atoms with E-state index in [-0.39, 0.29) is 24.2 Å². The summed E-state index contributed by atoms with van der Waals surface area (Å²) in [6.07, 6.45) is 0. The summed E-state index contributed by atoms with van der Waals surface area (Å²) in [5.41, 5.74) is 1.21. The van der Waals surface area contributed by atoms with Gasteiger partial charge in [0.15, 0.2) is 11.5 Å². The second-order valence-electron chi connectivity index (χ2n) is 10.2. The fourth-order valence-electron chi connectivity index (χ4n) is 4.75. The minimum absolute atomic E-state index is 0.0963. The van der Waals surface area contributed by atoms with Gasteiger partial charge in [0, 0.05) is 56.1 Å². The van der Waals surface area contributed by atoms with Crippen LogP contribution in [0.15, 0.2) is 29.5 Å². The average Bonchev–Trinajstić information content (AvgIpc) is 2.87. The first-order valence-electron chi connectivity index (χ1n) is 13.0. The van der Waals surface area contributed by atoms with Crippen LogP contribution in [0, 0.1) is 0 Å². The summed E-state index contributed by atoms with van der Waals surface area (Å²) in [6, 6.07) is 4.16. The molecular formula is C27H41N5O6. The maximum Gasteiger partial charge on any atom is 0.338 e. The highest BCUT2D eigenvalue weighted by molar-refractivity contribution is 5.95. The molecule has 11 nitrogen and oxygen atoms in total. The van der Waals surface area contributed by atoms with Crippen LogP contribution in [0.25, 0.3) is 0 Å². The Morgan fingerprint density at radius 3 is 2.32 bits per heavy atom. The number of carbonyl (C=O) groups is 3. The molecule has 38 heavy (non-hydrogen) atoms. The van der Waals surface area contributed by atoms with Crippen molar-refractivity contribution < 1.29 is 28.6 Å². The van der Waals surface area contributed by atoms with E-state index >= 15 is 0 Å². The zero-order valence-electron chi connectivity index (χ0n) is 23.6. The minimum Gasteiger partial charge on any atom is -0.493 e. The second kappa shape index (κ2) is 12.4. The van der Waals surface area contributed by atoms with Crippen molar-refractivity contribution in [3.63, 3.8) is 0 Å². The number of amides is 4. The van der Waals surface area contributed by atoms with Crippen molar-refractivity contribution in [2.45, 2.75) is 46.2 Å². The molecule has 210 valence electrons. The molecule has 2 heterocycles. The van der Waals surface area contributed by atoms with Crippen LogP contribution in [0.5, 0.6) is 11.5 Å². The Kier molecular flexibility index (Phi) is 9.48. The summed E-state index contributed by atoms with van der Waals surface area (Å²) in [6.45, 7) is 12.7. The number of hydrogen-bond acceptors (Lipinski definition) is 7. The first kappa shape index (κ1) is 29.1. The maximum absolute atomic E-state index is 13.4. The molecule has 1 atom stereocenters. The minimum atomic E-state index is -0.789. The average molecular weight is 532 g/mol. The monoisotopic (exact) mass is 531 g/mol. The van der Waals surface area contributed by atoms with Crippen molar-refractivity contribution in [3.05, 3.63) is 35.0 Å². The van der Waals surface area contributed by atoms with Gasteiger partial charge in [0.05, 0.1) is 32.4 Å². The number of hydrogen-bond donors (Lipinski definition) is 2. The zero-order chi connectivity index (χ0) is 28.0. The van der Waals surface area contributed by atoms with Gasteiger partial charge >= 0.3 is 18.0 Å². The predicted octanol–water partition coefficient (Wildman–Crippen LogP) is 2.73. The first-order chi connectivity index (χ1) is 18.0. The summed E-state index contributed by atoms with van der Waals surface area (Å²) in [7, 11) is 3.06. The number of rotatable bonds is 8. The van der Waals surface area contributed by atoms with Crippen LogP contribution in [0.3, 0.4) is 0 Å². The summed E-state index contributed by atoms with van der Waals surface area (Å²) in [5.74, 6) is 0.426. The first-order valence-corrected chi connectivity index (χ1v) is 13.0. The molecule has 4 amide bonds. The quantitative estimate of drug-likeness (QED) is 0.496. The van der Waals surface area contributed by atoms with Gasteiger partial charge in [-0.25, -0.2) is 14.4 Å². The van der Waals surface area contributed by atoms with Crippen molar-refractivity contribution in [1.82, 2.24) is 25.3 Å². The number of piperazine rings is 1. The molecule has 0 bridgehead atoms. The Labute approximate surface area is 225 Å². The second-order valence-corrected chi connectivity index (χ2v) is 10.2. The van der Waals surface area contributed by atoms with Crippen LogP contribution < -0.4 is 20.1 Å². The van der Waals surface area contributed by atoms with Crippen LogP contribution in [0.2, 0.25) is 0 Å². The van der Waals surface area contributed by atoms with Gasteiger partial charge in [-0.1, -0.05) is 12.1 Å². The predicted molar refractivity (Wildman–Crippen MR) is 143 cm³/mol. The number of urea groups is 2. The normalized spacial score (nSPS) is 18.7. The Morgan fingerprint density at radius 1 is 1.08 bits per heavy atom. The molecule has 1 saturated heterocycles. The number of methoxy groups -OCH3 is 2. The van der Waals surface area contributed by atoms with Crippen molar-refractivity contribution in [1.29, 1.82) is 0 Å². The number of para-hydroxylation sites is 1. The van der Waals surface area contributed by atoms with E-state index in [1.807, 2.05) is 27.7 Å². The lowest BCUT2D eigenvalue weighted by molar-refractivity contribution is -0.139. The molecule has 2 aliphatic rings. The smallest absolute Gasteiger partial charge is 0.338 e. The number of ether oxygens (including phenoxy) is 3. The van der Waals surface area contributed by atoms with Gasteiger partial charge in [0.2, 0.25) is 0 Å². The SMILES string of the molecule is CCOC(=O)C1=C(CN2CCN(C(=O)NC(C)(C)C)CC2)N(CC)C(=O)NC1c1cccc(OC)c1OC. The summed E-state index contributed by atoms with van der Waals surface area (Å²) in [4.78, 5) is 44.8. The number of benzene rings is 1. The molecular weight excluding hydrogens is 490 g/mol. The lowest BCUT2D eigenvalue weighted by atomic mass is 9.93. The molecule has 1 fully saturated rings. The summed E-state index contributed by atoms with van der Waals surface area (Å²) >= 11 is 0. The molecule has 0 spiro atoms. The standard InChI is InChI=1S/C27H41N5O6/c1-8-32-19(17-30-13-15-31(16-14-30)26(35)29-27(3,4)5)21(24(33)38-9-2)22(28-25(32)34)18-11-10-12-20(36-6)23(18)37-7/h10-12,22H,8-9,13-17H2,1-7H3,(H,28,34)(H,29,35). The van der Waals surface area contributed by atoms with Crippen LogP contribution in [-0.4, -0.2) is 98.4 Å². The van der Waals surface area contributed by atoms with E-state index in [2.05, 4.69) is 15.5 Å². The third-order valence-electron chi connectivity index (χ3n) is 6.51. The van der Waals surface area contributed by atoms with Crippen molar-refractivity contribution >= 4 is 18.0 Å². The van der Waals surface area contributed by atoms with Gasteiger partial charge in [0.1, 0.15) is 0 Å². The Morgan fingerprint density at radius 2 is 1.76 bits per heavy atom. The molecule has 3 rings (SSSR count). The molecule has 0 radical (unpaired) electrons. The largest absolute Gasteiger partial charge is 0.493 e. The van der Waals surface area contributed by atoms with Crippen LogP contribution in [-0.2, 0) is 9.53 Å². The van der Waals surface area contributed by atoms with Gasteiger partial charge < -0.3 is 29.7 Å². The van der Waals surface area contributed by atoms with Crippen molar-refractivity contribution in [2.24, 2.45) is 0 Å². The molecule has 1 aromatic carbocycles.